The summed E-state index contributed by atoms with van der Waals surface area (Å²) in [6.07, 6.45) is -4.18. The topological polar surface area (TPSA) is 66.4 Å². The molecule has 0 fully saturated rings. The van der Waals surface area contributed by atoms with Crippen molar-refractivity contribution in [2.45, 2.75) is 38.9 Å². The maximum absolute atomic E-state index is 12.3. The number of allylic oxidation sites excluding steroid dienone is 1. The second kappa shape index (κ2) is 7.80. The third kappa shape index (κ3) is 6.54. The van der Waals surface area contributed by atoms with Gasteiger partial charge in [0.05, 0.1) is 18.9 Å². The fourth-order valence-electron chi connectivity index (χ4n) is 2.01. The third-order valence-electron chi connectivity index (χ3n) is 3.24. The molecule has 2 N–H and O–H groups in total. The van der Waals surface area contributed by atoms with E-state index in [0.717, 1.165) is 0 Å². The van der Waals surface area contributed by atoms with Crippen molar-refractivity contribution >= 4 is 11.9 Å². The molecular weight excluding hydrogens is 311 g/mol. The number of carboxylic acids is 1. The number of benzene rings is 1. The zero-order valence-electron chi connectivity index (χ0n) is 12.8. The van der Waals surface area contributed by atoms with E-state index in [0.29, 0.717) is 5.56 Å². The minimum atomic E-state index is -4.26. The highest BCUT2D eigenvalue weighted by Crippen LogP contribution is 2.22. The van der Waals surface area contributed by atoms with Crippen LogP contribution in [0.15, 0.2) is 35.9 Å². The monoisotopic (exact) mass is 329 g/mol. The minimum Gasteiger partial charge on any atom is -0.478 e. The summed E-state index contributed by atoms with van der Waals surface area (Å²) in [5.41, 5.74) is 0.763. The molecule has 0 aromatic heterocycles. The lowest BCUT2D eigenvalue weighted by Crippen LogP contribution is -2.27. The largest absolute Gasteiger partial charge is 0.478 e. The fourth-order valence-corrected chi connectivity index (χ4v) is 2.01. The van der Waals surface area contributed by atoms with Crippen molar-refractivity contribution in [1.82, 2.24) is 5.32 Å². The number of amides is 1. The highest BCUT2D eigenvalue weighted by Gasteiger charge is 2.27. The number of hydrogen-bond donors (Lipinski definition) is 2. The molecule has 0 saturated heterocycles. The highest BCUT2D eigenvalue weighted by atomic mass is 19.4. The smallest absolute Gasteiger partial charge is 0.393 e. The molecule has 0 radical (unpaired) electrons. The lowest BCUT2D eigenvalue weighted by Gasteiger charge is -2.15. The van der Waals surface area contributed by atoms with Gasteiger partial charge < -0.3 is 10.4 Å². The number of halogens is 3. The van der Waals surface area contributed by atoms with Crippen LogP contribution in [0.1, 0.15) is 37.4 Å². The predicted octanol–water partition coefficient (Wildman–Crippen LogP) is 3.39. The molecule has 0 heterocycles. The number of hydrogen-bond acceptors (Lipinski definition) is 2. The normalized spacial score (nSPS) is 13.5. The molecule has 0 aliphatic rings. The van der Waals surface area contributed by atoms with Crippen LogP contribution in [0.3, 0.4) is 0 Å². The number of nitrogens with one attached hydrogen (secondary N) is 1. The van der Waals surface area contributed by atoms with Crippen molar-refractivity contribution < 1.29 is 27.9 Å². The Labute approximate surface area is 132 Å². The Hall–Kier alpha value is -2.31. The van der Waals surface area contributed by atoms with Crippen LogP contribution in [0, 0.1) is 0 Å². The van der Waals surface area contributed by atoms with Crippen LogP contribution in [0.5, 0.6) is 0 Å². The number of carbonyl (C=O) groups is 2. The van der Waals surface area contributed by atoms with Crippen LogP contribution in [0.25, 0.3) is 0 Å². The second-order valence-corrected chi connectivity index (χ2v) is 5.12. The maximum Gasteiger partial charge on any atom is 0.393 e. The van der Waals surface area contributed by atoms with Gasteiger partial charge in [-0.1, -0.05) is 30.3 Å². The fraction of sp³-hybridized carbons (Fsp3) is 0.375. The Morgan fingerprint density at radius 3 is 2.26 bits per heavy atom. The quantitative estimate of drug-likeness (QED) is 0.786. The highest BCUT2D eigenvalue weighted by molar-refractivity contribution is 5.94. The molecule has 0 spiro atoms. The summed E-state index contributed by atoms with van der Waals surface area (Å²) in [5, 5.41) is 11.5. The van der Waals surface area contributed by atoms with E-state index in [1.165, 1.54) is 37.3 Å². The predicted molar refractivity (Wildman–Crippen MR) is 78.8 cm³/mol. The van der Waals surface area contributed by atoms with E-state index in [1.54, 1.807) is 6.92 Å². The zero-order chi connectivity index (χ0) is 17.6. The Kier molecular flexibility index (Phi) is 6.36. The second-order valence-electron chi connectivity index (χ2n) is 5.12. The summed E-state index contributed by atoms with van der Waals surface area (Å²) in [4.78, 5) is 22.6. The molecule has 1 amide bonds. The van der Waals surface area contributed by atoms with Crippen molar-refractivity contribution in [3.63, 3.8) is 0 Å². The van der Waals surface area contributed by atoms with E-state index >= 15 is 0 Å². The zero-order valence-corrected chi connectivity index (χ0v) is 12.8. The lowest BCUT2D eigenvalue weighted by molar-refractivity contribution is -0.134. The van der Waals surface area contributed by atoms with Gasteiger partial charge in [-0.15, -0.1) is 0 Å². The SMILES string of the molecule is C/C=C(/CC(=O)NC(C)c1ccc(CC(F)(F)F)cc1)C(=O)O. The molecule has 0 saturated carbocycles. The van der Waals surface area contributed by atoms with Crippen LogP contribution >= 0.6 is 0 Å². The van der Waals surface area contributed by atoms with Crippen molar-refractivity contribution in [3.8, 4) is 0 Å². The van der Waals surface area contributed by atoms with Gasteiger partial charge in [-0.2, -0.15) is 13.2 Å². The number of alkyl halides is 3. The van der Waals surface area contributed by atoms with E-state index in [2.05, 4.69) is 5.32 Å². The van der Waals surface area contributed by atoms with Gasteiger partial charge in [0.1, 0.15) is 0 Å². The summed E-state index contributed by atoms with van der Waals surface area (Å²) >= 11 is 0. The minimum absolute atomic E-state index is 0.0183. The van der Waals surface area contributed by atoms with Crippen LogP contribution in [-0.4, -0.2) is 23.2 Å². The van der Waals surface area contributed by atoms with Gasteiger partial charge in [-0.3, -0.25) is 4.79 Å². The first-order valence-corrected chi connectivity index (χ1v) is 6.96. The van der Waals surface area contributed by atoms with Gasteiger partial charge in [0.15, 0.2) is 0 Å². The summed E-state index contributed by atoms with van der Waals surface area (Å²) in [6.45, 7) is 3.20. The van der Waals surface area contributed by atoms with Crippen LogP contribution in [-0.2, 0) is 16.0 Å². The standard InChI is InChI=1S/C16H18F3NO3/c1-3-12(15(22)23)8-14(21)20-10(2)13-6-4-11(5-7-13)9-16(17,18)19/h3-7,10H,8-9H2,1-2H3,(H,20,21)(H,22,23)/b12-3-. The molecule has 1 atom stereocenters. The van der Waals surface area contributed by atoms with E-state index in [1.807, 2.05) is 0 Å². The Balaban J connectivity index is 2.66. The van der Waals surface area contributed by atoms with E-state index in [-0.39, 0.29) is 17.6 Å². The van der Waals surface area contributed by atoms with Crippen molar-refractivity contribution in [2.24, 2.45) is 0 Å². The molecule has 23 heavy (non-hydrogen) atoms. The average molecular weight is 329 g/mol. The van der Waals surface area contributed by atoms with Crippen molar-refractivity contribution in [2.75, 3.05) is 0 Å². The van der Waals surface area contributed by atoms with Gasteiger partial charge in [-0.05, 0) is 25.0 Å². The van der Waals surface area contributed by atoms with E-state index in [4.69, 9.17) is 5.11 Å². The van der Waals surface area contributed by atoms with Crippen LogP contribution < -0.4 is 5.32 Å². The summed E-state index contributed by atoms with van der Waals surface area (Å²) < 4.78 is 36.8. The molecule has 126 valence electrons. The molecule has 1 aromatic rings. The third-order valence-corrected chi connectivity index (χ3v) is 3.24. The van der Waals surface area contributed by atoms with Gasteiger partial charge in [0.25, 0.3) is 0 Å². The molecule has 1 aromatic carbocycles. The number of carbonyl (C=O) groups excluding carboxylic acids is 1. The molecule has 4 nitrogen and oxygen atoms in total. The first-order chi connectivity index (χ1) is 10.6. The first-order valence-electron chi connectivity index (χ1n) is 6.96. The van der Waals surface area contributed by atoms with Crippen LogP contribution in [0.2, 0.25) is 0 Å². The Morgan fingerprint density at radius 1 is 1.26 bits per heavy atom. The van der Waals surface area contributed by atoms with Crippen molar-refractivity contribution in [3.05, 3.63) is 47.0 Å². The molecule has 1 rings (SSSR count). The van der Waals surface area contributed by atoms with E-state index in [9.17, 15) is 22.8 Å². The lowest BCUT2D eigenvalue weighted by atomic mass is 10.0. The number of rotatable bonds is 6. The molecule has 0 aliphatic carbocycles. The van der Waals surface area contributed by atoms with Gasteiger partial charge >= 0.3 is 12.1 Å². The van der Waals surface area contributed by atoms with Gasteiger partial charge in [0, 0.05) is 5.57 Å². The number of aliphatic carboxylic acids is 1. The number of carboxylic acid groups (broad SMARTS) is 1. The summed E-state index contributed by atoms with van der Waals surface area (Å²) in [5.74, 6) is -1.63. The molecule has 1 unspecified atom stereocenters. The first kappa shape index (κ1) is 18.7. The Bertz CT molecular complexity index is 592. The van der Waals surface area contributed by atoms with Crippen molar-refractivity contribution in [1.29, 1.82) is 0 Å². The Morgan fingerprint density at radius 2 is 1.83 bits per heavy atom. The average Bonchev–Trinajstić information content (AvgIpc) is 2.43. The molecule has 0 bridgehead atoms. The molecular formula is C16H18F3NO3. The van der Waals surface area contributed by atoms with Crippen LogP contribution in [0.4, 0.5) is 13.2 Å². The summed E-state index contributed by atoms with van der Waals surface area (Å²) in [7, 11) is 0. The molecule has 0 aliphatic heterocycles. The van der Waals surface area contributed by atoms with E-state index < -0.39 is 30.5 Å². The molecule has 7 heteroatoms. The summed E-state index contributed by atoms with van der Waals surface area (Å²) in [6, 6.07) is 5.31. The van der Waals surface area contributed by atoms with Gasteiger partial charge in [0.2, 0.25) is 5.91 Å². The maximum atomic E-state index is 12.3. The van der Waals surface area contributed by atoms with Gasteiger partial charge in [-0.25, -0.2) is 4.79 Å².